The average molecular weight is 517 g/mol. The van der Waals surface area contributed by atoms with E-state index in [9.17, 15) is 24.1 Å². The van der Waals surface area contributed by atoms with E-state index in [4.69, 9.17) is 0 Å². The van der Waals surface area contributed by atoms with Crippen molar-refractivity contribution in [3.8, 4) is 5.75 Å². The number of aliphatic hydroxyl groups is 2. The van der Waals surface area contributed by atoms with Crippen LogP contribution < -0.4 is 0 Å². The zero-order chi connectivity index (χ0) is 26.7. The molecule has 4 fully saturated rings. The number of hydrogen-bond donors (Lipinski definition) is 3. The molecule has 5 rings (SSSR count). The van der Waals surface area contributed by atoms with E-state index in [0.29, 0.717) is 41.1 Å². The molecule has 0 spiro atoms. The normalized spacial score (nSPS) is 44.3. The van der Waals surface area contributed by atoms with Crippen molar-refractivity contribution in [2.45, 2.75) is 97.7 Å². The van der Waals surface area contributed by atoms with Crippen molar-refractivity contribution >= 4 is 6.08 Å². The van der Waals surface area contributed by atoms with Crippen molar-refractivity contribution < 1.29 is 24.1 Å². The summed E-state index contributed by atoms with van der Waals surface area (Å²) in [7, 11) is 0. The van der Waals surface area contributed by atoms with Gasteiger partial charge in [-0.15, -0.1) is 0 Å². The quantitative estimate of drug-likeness (QED) is 0.384. The molecule has 206 valence electrons. The minimum absolute atomic E-state index is 0.196. The summed E-state index contributed by atoms with van der Waals surface area (Å²) in [6, 6.07) is 2.33. The Hall–Kier alpha value is -1.46. The minimum Gasteiger partial charge on any atom is -0.503 e. The molecule has 37 heavy (non-hydrogen) atoms. The first-order valence-electron chi connectivity index (χ1n) is 14.7. The number of hydrogen-bond acceptors (Lipinski definition) is 3. The molecular weight excluding hydrogens is 470 g/mol. The average Bonchev–Trinajstić information content (AvgIpc) is 3.21. The summed E-state index contributed by atoms with van der Waals surface area (Å²) < 4.78 is 27.4. The highest BCUT2D eigenvalue weighted by Gasteiger charge is 2.64. The van der Waals surface area contributed by atoms with Gasteiger partial charge in [-0.1, -0.05) is 46.3 Å². The Morgan fingerprint density at radius 1 is 0.973 bits per heavy atom. The largest absolute Gasteiger partial charge is 0.503 e. The Morgan fingerprint density at radius 2 is 1.62 bits per heavy atom. The molecule has 11 atom stereocenters. The summed E-state index contributed by atoms with van der Waals surface area (Å²) in [5.41, 5.74) is 0.834. The molecule has 4 aliphatic carbocycles. The van der Waals surface area contributed by atoms with Gasteiger partial charge in [-0.3, -0.25) is 0 Å². The van der Waals surface area contributed by atoms with Crippen LogP contribution in [0.25, 0.3) is 6.08 Å². The van der Waals surface area contributed by atoms with Gasteiger partial charge in [0.05, 0.1) is 12.2 Å². The van der Waals surface area contributed by atoms with Crippen LogP contribution in [0.2, 0.25) is 0 Å². The van der Waals surface area contributed by atoms with E-state index in [1.807, 2.05) is 6.08 Å². The summed E-state index contributed by atoms with van der Waals surface area (Å²) in [6.07, 6.45) is 12.6. The molecule has 0 heterocycles. The van der Waals surface area contributed by atoms with E-state index in [1.54, 1.807) is 6.08 Å². The van der Waals surface area contributed by atoms with Gasteiger partial charge in [-0.25, -0.2) is 8.78 Å². The Bertz CT molecular complexity index is 1000. The lowest BCUT2D eigenvalue weighted by Crippen LogP contribution is -2.62. The second-order valence-corrected chi connectivity index (χ2v) is 13.6. The molecule has 3 nitrogen and oxygen atoms in total. The SMILES string of the molecule is CC[C@H]1[C@@H](O)[C@@H]2[C@H](CC[C@]3(C)[C@@H]([C@H](C)CC=Cc4cc(F)c(O)c(F)c4)CC[C@@H]23)[C@@]2(C)CC[C@@H](O)C[C@@H]12. The first-order valence-corrected chi connectivity index (χ1v) is 14.7. The molecular formula is C32H46F2O3. The third-order valence-corrected chi connectivity index (χ3v) is 12.0. The molecule has 3 N–H and O–H groups in total. The van der Waals surface area contributed by atoms with Crippen molar-refractivity contribution in [2.75, 3.05) is 0 Å². The Morgan fingerprint density at radius 3 is 2.30 bits per heavy atom. The molecule has 4 saturated carbocycles. The van der Waals surface area contributed by atoms with Gasteiger partial charge in [0, 0.05) is 0 Å². The van der Waals surface area contributed by atoms with E-state index in [0.717, 1.165) is 32.1 Å². The van der Waals surface area contributed by atoms with E-state index in [2.05, 4.69) is 27.7 Å². The Labute approximate surface area is 221 Å². The van der Waals surface area contributed by atoms with Crippen LogP contribution in [-0.2, 0) is 0 Å². The van der Waals surface area contributed by atoms with Crippen molar-refractivity contribution in [3.05, 3.63) is 35.4 Å². The van der Waals surface area contributed by atoms with Gasteiger partial charge >= 0.3 is 0 Å². The number of fused-ring (bicyclic) bond motifs is 5. The third-order valence-electron chi connectivity index (χ3n) is 12.0. The fourth-order valence-electron chi connectivity index (χ4n) is 10.2. The van der Waals surface area contributed by atoms with Crippen molar-refractivity contribution in [1.29, 1.82) is 0 Å². The van der Waals surface area contributed by atoms with Crippen molar-refractivity contribution in [1.82, 2.24) is 0 Å². The Kier molecular flexibility index (Phi) is 7.28. The van der Waals surface area contributed by atoms with Gasteiger partial charge in [0.1, 0.15) is 0 Å². The summed E-state index contributed by atoms with van der Waals surface area (Å²) >= 11 is 0. The number of phenols is 1. The molecule has 5 heteroatoms. The van der Waals surface area contributed by atoms with E-state index >= 15 is 0 Å². The molecule has 0 amide bonds. The highest BCUT2D eigenvalue weighted by Crippen LogP contribution is 2.69. The number of phenolic OH excluding ortho intramolecular Hbond substituents is 1. The smallest absolute Gasteiger partial charge is 0.187 e. The summed E-state index contributed by atoms with van der Waals surface area (Å²) in [4.78, 5) is 0. The first-order chi connectivity index (χ1) is 17.5. The van der Waals surface area contributed by atoms with Gasteiger partial charge in [-0.2, -0.15) is 0 Å². The van der Waals surface area contributed by atoms with Gasteiger partial charge in [0.25, 0.3) is 0 Å². The lowest BCUT2D eigenvalue weighted by molar-refractivity contribution is -0.203. The minimum atomic E-state index is -0.935. The Balaban J connectivity index is 1.34. The summed E-state index contributed by atoms with van der Waals surface area (Å²) in [6.45, 7) is 9.48. The third kappa shape index (κ3) is 4.36. The van der Waals surface area contributed by atoms with Gasteiger partial charge in [0.2, 0.25) is 0 Å². The molecule has 0 unspecified atom stereocenters. The molecule has 1 aromatic carbocycles. The maximum atomic E-state index is 13.7. The first kappa shape index (κ1) is 27.1. The van der Waals surface area contributed by atoms with Crippen LogP contribution in [0.4, 0.5) is 8.78 Å². The van der Waals surface area contributed by atoms with E-state index in [1.165, 1.54) is 37.8 Å². The van der Waals surface area contributed by atoms with Crippen LogP contribution in [0.15, 0.2) is 18.2 Å². The monoisotopic (exact) mass is 516 g/mol. The fourth-order valence-corrected chi connectivity index (χ4v) is 10.2. The van der Waals surface area contributed by atoms with Gasteiger partial charge < -0.3 is 15.3 Å². The van der Waals surface area contributed by atoms with Crippen LogP contribution in [-0.4, -0.2) is 27.5 Å². The van der Waals surface area contributed by atoms with Crippen molar-refractivity contribution in [3.63, 3.8) is 0 Å². The van der Waals surface area contributed by atoms with E-state index in [-0.39, 0.29) is 29.0 Å². The second kappa shape index (κ2) is 9.93. The van der Waals surface area contributed by atoms with Crippen LogP contribution in [0.5, 0.6) is 5.75 Å². The van der Waals surface area contributed by atoms with Crippen LogP contribution >= 0.6 is 0 Å². The predicted molar refractivity (Wildman–Crippen MR) is 143 cm³/mol. The number of aromatic hydroxyl groups is 1. The topological polar surface area (TPSA) is 60.7 Å². The highest BCUT2D eigenvalue weighted by atomic mass is 19.1. The molecule has 0 aromatic heterocycles. The molecule has 0 saturated heterocycles. The summed E-state index contributed by atoms with van der Waals surface area (Å²) in [5.74, 6) is 0.290. The standard InChI is InChI=1S/C32H46F2O3/c1-5-21-25-17-20(35)11-13-32(25,4)24-12-14-31(3)22(9-10-23(31)28(24)29(21)36)18(2)7-6-8-19-15-26(33)30(37)27(34)16-19/h6,8,15-16,18,20-25,28-29,35-37H,5,7,9-14,17H2,1-4H3/t18-,20-,21-,22-,23+,24+,25+,28+,29-,31-,32-/m1/s1. The molecule has 0 bridgehead atoms. The van der Waals surface area contributed by atoms with Gasteiger partial charge in [-0.05, 0) is 121 Å². The molecule has 1 aromatic rings. The maximum Gasteiger partial charge on any atom is 0.187 e. The number of halogens is 2. The predicted octanol–water partition coefficient (Wildman–Crippen LogP) is 7.34. The highest BCUT2D eigenvalue weighted by molar-refractivity contribution is 5.51. The van der Waals surface area contributed by atoms with Crippen LogP contribution in [0.3, 0.4) is 0 Å². The number of allylic oxidation sites excluding steroid dienone is 1. The molecule has 0 radical (unpaired) electrons. The zero-order valence-electron chi connectivity index (χ0n) is 23.0. The van der Waals surface area contributed by atoms with E-state index < -0.39 is 17.4 Å². The van der Waals surface area contributed by atoms with Crippen LogP contribution in [0, 0.1) is 63.9 Å². The molecule has 0 aliphatic heterocycles. The fraction of sp³-hybridized carbons (Fsp3) is 0.750. The maximum absolute atomic E-state index is 13.7. The lowest BCUT2D eigenvalue weighted by atomic mass is 9.41. The lowest BCUT2D eigenvalue weighted by Gasteiger charge is -2.64. The van der Waals surface area contributed by atoms with Gasteiger partial charge in [0.15, 0.2) is 17.4 Å². The number of rotatable bonds is 5. The van der Waals surface area contributed by atoms with Crippen molar-refractivity contribution in [2.24, 2.45) is 52.3 Å². The van der Waals surface area contributed by atoms with Crippen LogP contribution in [0.1, 0.15) is 91.0 Å². The molecule has 4 aliphatic rings. The summed E-state index contributed by atoms with van der Waals surface area (Å²) in [5, 5.41) is 31.7. The number of aliphatic hydroxyl groups excluding tert-OH is 2. The number of benzene rings is 1. The zero-order valence-corrected chi connectivity index (χ0v) is 23.0. The second-order valence-electron chi connectivity index (χ2n) is 13.6.